The molecule has 0 aromatic carbocycles. The minimum atomic E-state index is 0.110. The summed E-state index contributed by atoms with van der Waals surface area (Å²) in [5.41, 5.74) is 6.15. The molecular formula is C11H22N2O. The highest BCUT2D eigenvalue weighted by atomic mass is 16.5. The zero-order chi connectivity index (χ0) is 10.6. The number of rotatable bonds is 5. The second kappa shape index (κ2) is 4.91. The molecule has 0 radical (unpaired) electrons. The Morgan fingerprint density at radius 1 is 1.71 bits per heavy atom. The van der Waals surface area contributed by atoms with E-state index in [1.807, 2.05) is 6.08 Å². The number of nitrogens with zero attached hydrogens (tertiary/aromatic N) is 1. The highest BCUT2D eigenvalue weighted by Gasteiger charge is 2.38. The monoisotopic (exact) mass is 198 g/mol. The van der Waals surface area contributed by atoms with Gasteiger partial charge in [0, 0.05) is 24.5 Å². The van der Waals surface area contributed by atoms with Crippen molar-refractivity contribution in [3.8, 4) is 0 Å². The first-order chi connectivity index (χ1) is 6.62. The molecular weight excluding hydrogens is 176 g/mol. The van der Waals surface area contributed by atoms with Crippen LogP contribution in [0.15, 0.2) is 12.7 Å². The highest BCUT2D eigenvalue weighted by molar-refractivity contribution is 4.93. The van der Waals surface area contributed by atoms with Gasteiger partial charge in [-0.05, 0) is 6.54 Å². The molecule has 2 atom stereocenters. The fourth-order valence-corrected chi connectivity index (χ4v) is 1.89. The molecule has 1 saturated heterocycles. The van der Waals surface area contributed by atoms with Gasteiger partial charge in [-0.15, -0.1) is 6.58 Å². The lowest BCUT2D eigenvalue weighted by Gasteiger charge is -2.32. The lowest BCUT2D eigenvalue weighted by atomic mass is 9.85. The van der Waals surface area contributed by atoms with Crippen LogP contribution in [0.4, 0.5) is 0 Å². The van der Waals surface area contributed by atoms with Crippen molar-refractivity contribution >= 4 is 0 Å². The summed E-state index contributed by atoms with van der Waals surface area (Å²) in [7, 11) is 0. The molecule has 0 aromatic rings. The summed E-state index contributed by atoms with van der Waals surface area (Å²) in [6.45, 7) is 12.6. The summed E-state index contributed by atoms with van der Waals surface area (Å²) >= 11 is 0. The zero-order valence-corrected chi connectivity index (χ0v) is 9.33. The van der Waals surface area contributed by atoms with Crippen LogP contribution in [0, 0.1) is 5.41 Å². The number of ether oxygens (including phenoxy) is 1. The Labute approximate surface area is 86.9 Å². The second-order valence-corrected chi connectivity index (χ2v) is 4.39. The molecule has 3 heteroatoms. The summed E-state index contributed by atoms with van der Waals surface area (Å²) < 4.78 is 5.42. The maximum atomic E-state index is 6.03. The molecule has 0 aliphatic carbocycles. The van der Waals surface area contributed by atoms with E-state index in [2.05, 4.69) is 25.3 Å². The maximum Gasteiger partial charge on any atom is 0.0624 e. The first kappa shape index (κ1) is 11.7. The third-order valence-electron chi connectivity index (χ3n) is 3.04. The summed E-state index contributed by atoms with van der Waals surface area (Å²) in [5, 5.41) is 0. The van der Waals surface area contributed by atoms with Gasteiger partial charge in [-0.2, -0.15) is 0 Å². The molecule has 0 bridgehead atoms. The Bertz CT molecular complexity index is 196. The molecule has 0 aromatic heterocycles. The van der Waals surface area contributed by atoms with E-state index in [1.54, 1.807) is 0 Å². The van der Waals surface area contributed by atoms with Crippen molar-refractivity contribution in [3.05, 3.63) is 12.7 Å². The first-order valence-electron chi connectivity index (χ1n) is 5.29. The number of hydrogen-bond donors (Lipinski definition) is 1. The van der Waals surface area contributed by atoms with Crippen molar-refractivity contribution in [3.63, 3.8) is 0 Å². The Kier molecular flexibility index (Phi) is 4.11. The minimum Gasteiger partial charge on any atom is -0.379 e. The fourth-order valence-electron chi connectivity index (χ4n) is 1.89. The van der Waals surface area contributed by atoms with Crippen molar-refractivity contribution < 1.29 is 4.74 Å². The van der Waals surface area contributed by atoms with Crippen LogP contribution in [-0.4, -0.2) is 43.8 Å². The van der Waals surface area contributed by atoms with Gasteiger partial charge in [-0.25, -0.2) is 0 Å². The molecule has 3 nitrogen and oxygen atoms in total. The van der Waals surface area contributed by atoms with Crippen LogP contribution in [0.3, 0.4) is 0 Å². The number of nitrogens with two attached hydrogens (primary N) is 1. The van der Waals surface area contributed by atoms with Gasteiger partial charge in [0.05, 0.1) is 13.2 Å². The molecule has 82 valence electrons. The second-order valence-electron chi connectivity index (χ2n) is 4.39. The number of likely N-dealkylation sites (N-methyl/N-ethyl adjacent to an activating group) is 1. The largest absolute Gasteiger partial charge is 0.379 e. The van der Waals surface area contributed by atoms with E-state index in [4.69, 9.17) is 10.5 Å². The van der Waals surface area contributed by atoms with Crippen LogP contribution in [-0.2, 0) is 4.74 Å². The third kappa shape index (κ3) is 2.56. The average molecular weight is 198 g/mol. The van der Waals surface area contributed by atoms with Gasteiger partial charge in [0.25, 0.3) is 0 Å². The molecule has 0 spiro atoms. The van der Waals surface area contributed by atoms with Crippen molar-refractivity contribution in [2.45, 2.75) is 19.9 Å². The van der Waals surface area contributed by atoms with Gasteiger partial charge in [-0.1, -0.05) is 19.9 Å². The van der Waals surface area contributed by atoms with Crippen molar-refractivity contribution in [1.82, 2.24) is 4.90 Å². The Morgan fingerprint density at radius 2 is 2.43 bits per heavy atom. The van der Waals surface area contributed by atoms with E-state index in [0.29, 0.717) is 6.61 Å². The van der Waals surface area contributed by atoms with Gasteiger partial charge in [0.15, 0.2) is 0 Å². The van der Waals surface area contributed by atoms with Crippen LogP contribution in [0.2, 0.25) is 0 Å². The number of hydrogen-bond acceptors (Lipinski definition) is 3. The van der Waals surface area contributed by atoms with Crippen molar-refractivity contribution in [2.75, 3.05) is 32.8 Å². The van der Waals surface area contributed by atoms with Gasteiger partial charge in [-0.3, -0.25) is 4.90 Å². The molecule has 1 aliphatic rings. The SMILES string of the molecule is C=CCN(CC)CC1(C)COCC1N. The predicted octanol–water partition coefficient (Wildman–Crippen LogP) is 0.858. The Hall–Kier alpha value is -0.380. The summed E-state index contributed by atoms with van der Waals surface area (Å²) in [5.74, 6) is 0. The lowest BCUT2D eigenvalue weighted by Crippen LogP contribution is -2.46. The van der Waals surface area contributed by atoms with Crippen LogP contribution in [0.25, 0.3) is 0 Å². The van der Waals surface area contributed by atoms with Gasteiger partial charge >= 0.3 is 0 Å². The van der Waals surface area contributed by atoms with Crippen LogP contribution < -0.4 is 5.73 Å². The minimum absolute atomic E-state index is 0.110. The molecule has 1 fully saturated rings. The van der Waals surface area contributed by atoms with Crippen molar-refractivity contribution in [1.29, 1.82) is 0 Å². The van der Waals surface area contributed by atoms with Crippen LogP contribution >= 0.6 is 0 Å². The molecule has 1 aliphatic heterocycles. The smallest absolute Gasteiger partial charge is 0.0624 e. The molecule has 1 rings (SSSR count). The highest BCUT2D eigenvalue weighted by Crippen LogP contribution is 2.27. The van der Waals surface area contributed by atoms with Gasteiger partial charge < -0.3 is 10.5 Å². The maximum absolute atomic E-state index is 6.03. The summed E-state index contributed by atoms with van der Waals surface area (Å²) in [4.78, 5) is 2.35. The van der Waals surface area contributed by atoms with E-state index in [-0.39, 0.29) is 11.5 Å². The molecule has 2 N–H and O–H groups in total. The molecule has 0 saturated carbocycles. The topological polar surface area (TPSA) is 38.5 Å². The molecule has 1 heterocycles. The van der Waals surface area contributed by atoms with E-state index in [0.717, 1.165) is 26.2 Å². The average Bonchev–Trinajstić information content (AvgIpc) is 2.47. The Balaban J connectivity index is 2.51. The van der Waals surface area contributed by atoms with Gasteiger partial charge in [0.2, 0.25) is 0 Å². The van der Waals surface area contributed by atoms with Crippen LogP contribution in [0.1, 0.15) is 13.8 Å². The van der Waals surface area contributed by atoms with Crippen molar-refractivity contribution in [2.24, 2.45) is 11.1 Å². The van der Waals surface area contributed by atoms with E-state index in [1.165, 1.54) is 0 Å². The lowest BCUT2D eigenvalue weighted by molar-refractivity contribution is 0.127. The quantitative estimate of drug-likeness (QED) is 0.666. The fraction of sp³-hybridized carbons (Fsp3) is 0.818. The molecule has 14 heavy (non-hydrogen) atoms. The van der Waals surface area contributed by atoms with E-state index in [9.17, 15) is 0 Å². The standard InChI is InChI=1S/C11H22N2O/c1-4-6-13(5-2)8-11(3)9-14-7-10(11)12/h4,10H,1,5-9,12H2,2-3H3. The van der Waals surface area contributed by atoms with E-state index >= 15 is 0 Å². The van der Waals surface area contributed by atoms with E-state index < -0.39 is 0 Å². The third-order valence-corrected chi connectivity index (χ3v) is 3.04. The molecule has 0 amide bonds. The summed E-state index contributed by atoms with van der Waals surface area (Å²) in [6.07, 6.45) is 1.94. The summed E-state index contributed by atoms with van der Waals surface area (Å²) in [6, 6.07) is 0.168. The van der Waals surface area contributed by atoms with Crippen LogP contribution in [0.5, 0.6) is 0 Å². The molecule has 2 unspecified atom stereocenters. The zero-order valence-electron chi connectivity index (χ0n) is 9.33. The first-order valence-corrected chi connectivity index (χ1v) is 5.29. The Morgan fingerprint density at radius 3 is 2.86 bits per heavy atom. The normalized spacial score (nSPS) is 32.4. The predicted molar refractivity (Wildman–Crippen MR) is 59.2 cm³/mol. The van der Waals surface area contributed by atoms with Gasteiger partial charge in [0.1, 0.15) is 0 Å².